The van der Waals surface area contributed by atoms with Crippen LogP contribution in [0.25, 0.3) is 0 Å². The van der Waals surface area contributed by atoms with Crippen LogP contribution in [0.5, 0.6) is 5.75 Å². The van der Waals surface area contributed by atoms with Crippen molar-refractivity contribution in [1.29, 1.82) is 0 Å². The first-order chi connectivity index (χ1) is 8.72. The van der Waals surface area contributed by atoms with E-state index in [1.54, 1.807) is 0 Å². The van der Waals surface area contributed by atoms with Gasteiger partial charge in [-0.2, -0.15) is 0 Å². The molecule has 0 amide bonds. The molecule has 1 aromatic rings. The van der Waals surface area contributed by atoms with Gasteiger partial charge in [-0.3, -0.25) is 0 Å². The first-order valence-electron chi connectivity index (χ1n) is 6.41. The topological polar surface area (TPSA) is 58.6 Å². The van der Waals surface area contributed by atoms with Gasteiger partial charge in [0.2, 0.25) is 0 Å². The molecule has 0 bridgehead atoms. The smallest absolute Gasteiger partial charge is 0.779 e. The second kappa shape index (κ2) is 8.57. The summed E-state index contributed by atoms with van der Waals surface area (Å²) in [6.07, 6.45) is 0. The summed E-state index contributed by atoms with van der Waals surface area (Å²) < 4.78 is 21.2. The van der Waals surface area contributed by atoms with Gasteiger partial charge in [-0.1, -0.05) is 45.9 Å². The fourth-order valence-corrected chi connectivity index (χ4v) is 2.07. The van der Waals surface area contributed by atoms with Crippen molar-refractivity contribution in [2.45, 2.75) is 39.5 Å². The van der Waals surface area contributed by atoms with Crippen molar-refractivity contribution >= 4 is 7.60 Å². The number of hydrogen-bond donors (Lipinski definition) is 0. The molecule has 1 atom stereocenters. The average molecular weight is 308 g/mol. The van der Waals surface area contributed by atoms with Crippen LogP contribution in [0.4, 0.5) is 0 Å². The molecule has 1 rings (SSSR count). The van der Waals surface area contributed by atoms with Crippen molar-refractivity contribution < 1.29 is 48.3 Å². The van der Waals surface area contributed by atoms with Gasteiger partial charge in [0.15, 0.2) is 6.79 Å². The van der Waals surface area contributed by atoms with Crippen molar-refractivity contribution in [2.75, 3.05) is 13.5 Å². The van der Waals surface area contributed by atoms with Gasteiger partial charge in [-0.15, -0.1) is 0 Å². The molecule has 0 aromatic heterocycles. The molecule has 0 radical (unpaired) electrons. The van der Waals surface area contributed by atoms with Crippen molar-refractivity contribution in [3.63, 3.8) is 0 Å². The molecule has 0 aliphatic carbocycles. The molecule has 0 aliphatic rings. The minimum Gasteiger partial charge on any atom is -0.779 e. The van der Waals surface area contributed by atoms with Gasteiger partial charge in [-0.05, 0) is 23.0 Å². The van der Waals surface area contributed by atoms with Crippen LogP contribution in [0.15, 0.2) is 18.2 Å². The molecule has 0 fully saturated rings. The second-order valence-electron chi connectivity index (χ2n) is 5.24. The van der Waals surface area contributed by atoms with E-state index in [4.69, 9.17) is 4.74 Å². The molecule has 4 nitrogen and oxygen atoms in total. The summed E-state index contributed by atoms with van der Waals surface area (Å²) in [5.41, 5.74) is 2.12. The van der Waals surface area contributed by atoms with Crippen LogP contribution in [0.3, 0.4) is 0 Å². The first-order valence-corrected chi connectivity index (χ1v) is 8.40. The number of ether oxygens (including phenoxy) is 1. The number of hydrogen-bond acceptors (Lipinski definition) is 4. The summed E-state index contributed by atoms with van der Waals surface area (Å²) in [4.78, 5) is 11.0. The SMILES string of the molecule is CC(C)c1cccc(C(C)C)c1OCOP(C)(=O)[O-].[Na+]. The largest absolute Gasteiger partial charge is 1.00 e. The summed E-state index contributed by atoms with van der Waals surface area (Å²) in [7, 11) is -3.76. The van der Waals surface area contributed by atoms with Gasteiger partial charge < -0.3 is 18.7 Å². The Morgan fingerprint density at radius 2 is 1.60 bits per heavy atom. The second-order valence-corrected chi connectivity index (χ2v) is 7.04. The zero-order valence-electron chi connectivity index (χ0n) is 13.2. The predicted molar refractivity (Wildman–Crippen MR) is 74.7 cm³/mol. The normalized spacial score (nSPS) is 14.0. The van der Waals surface area contributed by atoms with E-state index < -0.39 is 7.60 Å². The van der Waals surface area contributed by atoms with E-state index in [0.717, 1.165) is 23.5 Å². The molecule has 1 aromatic carbocycles. The van der Waals surface area contributed by atoms with E-state index in [-0.39, 0.29) is 36.4 Å². The Balaban J connectivity index is 0.00000361. The van der Waals surface area contributed by atoms with Crippen molar-refractivity contribution in [3.8, 4) is 5.75 Å². The van der Waals surface area contributed by atoms with Crippen LogP contribution < -0.4 is 39.2 Å². The zero-order chi connectivity index (χ0) is 14.6. The van der Waals surface area contributed by atoms with Crippen LogP contribution in [0, 0.1) is 0 Å². The molecule has 0 spiro atoms. The monoisotopic (exact) mass is 308 g/mol. The average Bonchev–Trinajstić information content (AvgIpc) is 2.26. The minimum atomic E-state index is -3.76. The Morgan fingerprint density at radius 3 is 1.95 bits per heavy atom. The Labute approximate surface area is 143 Å². The van der Waals surface area contributed by atoms with Crippen molar-refractivity contribution in [1.82, 2.24) is 0 Å². The maximum Gasteiger partial charge on any atom is 1.00 e. The first kappa shape index (κ1) is 20.2. The van der Waals surface area contributed by atoms with Gasteiger partial charge in [0.25, 0.3) is 0 Å². The van der Waals surface area contributed by atoms with E-state index in [9.17, 15) is 9.46 Å². The molecule has 0 saturated heterocycles. The third-order valence-corrected chi connectivity index (χ3v) is 3.38. The van der Waals surface area contributed by atoms with E-state index >= 15 is 0 Å². The maximum atomic E-state index is 11.0. The standard InChI is InChI=1S/C14H23O4P.Na/c1-10(2)12-7-6-8-13(11(3)4)14(12)17-9-18-19(5,15)16;/h6-8,10-11H,9H2,1-5H3,(H,15,16);/q;+1/p-1. The molecule has 0 N–H and O–H groups in total. The molecule has 0 aliphatic heterocycles. The van der Waals surface area contributed by atoms with Crippen molar-refractivity contribution in [2.24, 2.45) is 0 Å². The van der Waals surface area contributed by atoms with Crippen LogP contribution in [0.1, 0.15) is 50.7 Å². The van der Waals surface area contributed by atoms with Gasteiger partial charge in [0, 0.05) is 6.66 Å². The third kappa shape index (κ3) is 6.30. The summed E-state index contributed by atoms with van der Waals surface area (Å²) in [6, 6.07) is 5.99. The van der Waals surface area contributed by atoms with E-state index in [2.05, 4.69) is 32.2 Å². The Bertz CT molecular complexity index is 442. The van der Waals surface area contributed by atoms with Crippen LogP contribution in [-0.2, 0) is 9.09 Å². The molecule has 6 heteroatoms. The fourth-order valence-electron chi connectivity index (χ4n) is 1.83. The molecule has 20 heavy (non-hydrogen) atoms. The summed E-state index contributed by atoms with van der Waals surface area (Å²) in [5, 5.41) is 0. The predicted octanol–water partition coefficient (Wildman–Crippen LogP) is 0.473. The summed E-state index contributed by atoms with van der Waals surface area (Å²) in [6.45, 7) is 9.06. The van der Waals surface area contributed by atoms with Crippen molar-refractivity contribution in [3.05, 3.63) is 29.3 Å². The summed E-state index contributed by atoms with van der Waals surface area (Å²) >= 11 is 0. The Hall–Kier alpha value is 0.170. The van der Waals surface area contributed by atoms with Crippen LogP contribution in [-0.4, -0.2) is 13.5 Å². The van der Waals surface area contributed by atoms with Gasteiger partial charge >= 0.3 is 29.6 Å². The van der Waals surface area contributed by atoms with Gasteiger partial charge in [-0.25, -0.2) is 0 Å². The molecule has 0 saturated carbocycles. The number of rotatable bonds is 6. The van der Waals surface area contributed by atoms with Crippen LogP contribution >= 0.6 is 7.60 Å². The van der Waals surface area contributed by atoms with E-state index in [1.165, 1.54) is 0 Å². The molecule has 0 heterocycles. The molecular weight excluding hydrogens is 286 g/mol. The Kier molecular flexibility index (Phi) is 8.65. The van der Waals surface area contributed by atoms with Gasteiger partial charge in [0.1, 0.15) is 13.3 Å². The zero-order valence-corrected chi connectivity index (χ0v) is 16.1. The van der Waals surface area contributed by atoms with Crippen LogP contribution in [0.2, 0.25) is 0 Å². The molecular formula is C14H22NaO4P. The van der Waals surface area contributed by atoms with E-state index in [1.807, 2.05) is 18.2 Å². The number of para-hydroxylation sites is 1. The minimum absolute atomic E-state index is 0. The Morgan fingerprint density at radius 1 is 1.15 bits per heavy atom. The maximum absolute atomic E-state index is 11.0. The summed E-state index contributed by atoms with van der Waals surface area (Å²) in [5.74, 6) is 1.34. The fraction of sp³-hybridized carbons (Fsp3) is 0.571. The third-order valence-electron chi connectivity index (χ3n) is 2.81. The number of benzene rings is 1. The molecule has 108 valence electrons. The molecule has 1 unspecified atom stereocenters. The van der Waals surface area contributed by atoms with Gasteiger partial charge in [0.05, 0.1) is 0 Å². The van der Waals surface area contributed by atoms with E-state index in [0.29, 0.717) is 11.8 Å². The quantitative estimate of drug-likeness (QED) is 0.435.